The van der Waals surface area contributed by atoms with Gasteiger partial charge in [-0.25, -0.2) is 0 Å². The Morgan fingerprint density at radius 3 is 2.48 bits per heavy atom. The molecule has 2 unspecified atom stereocenters. The lowest BCUT2D eigenvalue weighted by molar-refractivity contribution is 0.345. The van der Waals surface area contributed by atoms with Gasteiger partial charge in [0.05, 0.1) is 20.1 Å². The van der Waals surface area contributed by atoms with Crippen LogP contribution in [0.1, 0.15) is 25.2 Å². The van der Waals surface area contributed by atoms with E-state index >= 15 is 0 Å². The largest absolute Gasteiger partial charge is 0.497 e. The quantitative estimate of drug-likeness (QED) is 0.930. The van der Waals surface area contributed by atoms with Crippen LogP contribution in [0.2, 0.25) is 0 Å². The van der Waals surface area contributed by atoms with Crippen molar-refractivity contribution in [3.63, 3.8) is 0 Å². The summed E-state index contributed by atoms with van der Waals surface area (Å²) in [6.07, 6.45) is 1.02. The van der Waals surface area contributed by atoms with Crippen molar-refractivity contribution in [1.82, 2.24) is 15.5 Å². The highest BCUT2D eigenvalue weighted by molar-refractivity contribution is 5.60. The van der Waals surface area contributed by atoms with Crippen molar-refractivity contribution in [2.75, 3.05) is 20.8 Å². The molecular weight excluding hydrogens is 270 g/mol. The Morgan fingerprint density at radius 1 is 1.19 bits per heavy atom. The number of nitrogens with one attached hydrogen (secondary N) is 1. The Labute approximate surface area is 123 Å². The van der Waals surface area contributed by atoms with Crippen molar-refractivity contribution in [2.24, 2.45) is 0 Å². The Bertz CT molecular complexity index is 604. The maximum atomic E-state index is 5.44. The summed E-state index contributed by atoms with van der Waals surface area (Å²) < 4.78 is 16.0. The highest BCUT2D eigenvalue weighted by Gasteiger charge is 2.29. The average Bonchev–Trinajstić information content (AvgIpc) is 3.15. The highest BCUT2D eigenvalue weighted by Crippen LogP contribution is 2.31. The molecule has 0 saturated carbocycles. The molecule has 2 aromatic rings. The summed E-state index contributed by atoms with van der Waals surface area (Å²) in [6.45, 7) is 3.12. The van der Waals surface area contributed by atoms with E-state index in [0.717, 1.165) is 18.5 Å². The van der Waals surface area contributed by atoms with Gasteiger partial charge in [-0.1, -0.05) is 5.16 Å². The van der Waals surface area contributed by atoms with Gasteiger partial charge in [0.15, 0.2) is 0 Å². The fourth-order valence-electron chi connectivity index (χ4n) is 2.64. The number of nitrogens with zero attached hydrogens (tertiary/aromatic N) is 2. The zero-order valence-electron chi connectivity index (χ0n) is 12.4. The predicted molar refractivity (Wildman–Crippen MR) is 77.7 cm³/mol. The predicted octanol–water partition coefficient (Wildman–Crippen LogP) is 2.22. The number of hydrogen-bond donors (Lipinski definition) is 1. The molecule has 21 heavy (non-hydrogen) atoms. The van der Waals surface area contributed by atoms with Crippen LogP contribution >= 0.6 is 0 Å². The second-order valence-electron chi connectivity index (χ2n) is 5.20. The SMILES string of the molecule is COc1cc(OC)cc(-c2noc(C3CCNC3C)n2)c1. The van der Waals surface area contributed by atoms with Crippen LogP contribution in [0.25, 0.3) is 11.4 Å². The van der Waals surface area contributed by atoms with Crippen molar-refractivity contribution in [2.45, 2.75) is 25.3 Å². The number of methoxy groups -OCH3 is 2. The van der Waals surface area contributed by atoms with Gasteiger partial charge in [-0.3, -0.25) is 0 Å². The molecule has 1 saturated heterocycles. The van der Waals surface area contributed by atoms with Gasteiger partial charge in [0, 0.05) is 17.7 Å². The van der Waals surface area contributed by atoms with E-state index in [1.165, 1.54) is 0 Å². The fraction of sp³-hybridized carbons (Fsp3) is 0.467. The van der Waals surface area contributed by atoms with E-state index in [2.05, 4.69) is 22.4 Å². The topological polar surface area (TPSA) is 69.4 Å². The summed E-state index contributed by atoms with van der Waals surface area (Å²) >= 11 is 0. The molecule has 1 aliphatic rings. The number of aromatic nitrogens is 2. The molecule has 0 radical (unpaired) electrons. The van der Waals surface area contributed by atoms with Crippen molar-refractivity contribution >= 4 is 0 Å². The molecule has 0 spiro atoms. The van der Waals surface area contributed by atoms with E-state index in [4.69, 9.17) is 14.0 Å². The minimum Gasteiger partial charge on any atom is -0.497 e. The Morgan fingerprint density at radius 2 is 1.90 bits per heavy atom. The first-order valence-electron chi connectivity index (χ1n) is 7.01. The molecule has 3 rings (SSSR count). The van der Waals surface area contributed by atoms with E-state index in [-0.39, 0.29) is 5.92 Å². The van der Waals surface area contributed by atoms with Crippen molar-refractivity contribution in [1.29, 1.82) is 0 Å². The minimum atomic E-state index is 0.277. The average molecular weight is 289 g/mol. The summed E-state index contributed by atoms with van der Waals surface area (Å²) in [4.78, 5) is 4.53. The zero-order valence-corrected chi connectivity index (χ0v) is 12.4. The molecule has 0 amide bonds. The molecule has 112 valence electrons. The van der Waals surface area contributed by atoms with Gasteiger partial charge in [-0.15, -0.1) is 0 Å². The van der Waals surface area contributed by atoms with E-state index in [0.29, 0.717) is 29.3 Å². The first-order chi connectivity index (χ1) is 10.2. The molecule has 2 atom stereocenters. The van der Waals surface area contributed by atoms with Crippen LogP contribution < -0.4 is 14.8 Å². The lowest BCUT2D eigenvalue weighted by atomic mass is 10.0. The monoisotopic (exact) mass is 289 g/mol. The Kier molecular flexibility index (Phi) is 3.79. The van der Waals surface area contributed by atoms with Crippen molar-refractivity contribution in [3.8, 4) is 22.9 Å². The van der Waals surface area contributed by atoms with E-state index in [1.54, 1.807) is 14.2 Å². The summed E-state index contributed by atoms with van der Waals surface area (Å²) in [5.74, 6) is 2.92. The van der Waals surface area contributed by atoms with Crippen molar-refractivity contribution < 1.29 is 14.0 Å². The highest BCUT2D eigenvalue weighted by atomic mass is 16.5. The lowest BCUT2D eigenvalue weighted by Gasteiger charge is -2.09. The fourth-order valence-corrected chi connectivity index (χ4v) is 2.64. The van der Waals surface area contributed by atoms with Gasteiger partial charge in [-0.05, 0) is 32.0 Å². The van der Waals surface area contributed by atoms with E-state index in [1.807, 2.05) is 18.2 Å². The van der Waals surface area contributed by atoms with Crippen LogP contribution in [0.15, 0.2) is 22.7 Å². The minimum absolute atomic E-state index is 0.277. The van der Waals surface area contributed by atoms with Crippen LogP contribution in [0.3, 0.4) is 0 Å². The van der Waals surface area contributed by atoms with Gasteiger partial charge in [-0.2, -0.15) is 4.98 Å². The molecule has 6 heteroatoms. The van der Waals surface area contributed by atoms with Crippen molar-refractivity contribution in [3.05, 3.63) is 24.1 Å². The molecule has 1 fully saturated rings. The van der Waals surface area contributed by atoms with Crippen LogP contribution in [0, 0.1) is 0 Å². The van der Waals surface area contributed by atoms with Gasteiger partial charge < -0.3 is 19.3 Å². The number of benzene rings is 1. The second kappa shape index (κ2) is 5.73. The molecule has 6 nitrogen and oxygen atoms in total. The normalized spacial score (nSPS) is 21.5. The zero-order chi connectivity index (χ0) is 14.8. The first kappa shape index (κ1) is 13.9. The third-order valence-electron chi connectivity index (χ3n) is 3.89. The number of ether oxygens (including phenoxy) is 2. The third kappa shape index (κ3) is 2.71. The maximum absolute atomic E-state index is 5.44. The van der Waals surface area contributed by atoms with E-state index < -0.39 is 0 Å². The summed E-state index contributed by atoms with van der Waals surface area (Å²) in [7, 11) is 3.23. The molecule has 2 heterocycles. The molecule has 1 aromatic carbocycles. The van der Waals surface area contributed by atoms with Crippen LogP contribution in [-0.4, -0.2) is 36.9 Å². The lowest BCUT2D eigenvalue weighted by Crippen LogP contribution is -2.21. The maximum Gasteiger partial charge on any atom is 0.231 e. The third-order valence-corrected chi connectivity index (χ3v) is 3.89. The van der Waals surface area contributed by atoms with Crippen LogP contribution in [0.5, 0.6) is 11.5 Å². The summed E-state index contributed by atoms with van der Waals surface area (Å²) in [5, 5.41) is 7.48. The van der Waals surface area contributed by atoms with Gasteiger partial charge in [0.25, 0.3) is 0 Å². The van der Waals surface area contributed by atoms with Crippen LogP contribution in [-0.2, 0) is 0 Å². The number of rotatable bonds is 4. The molecule has 1 aliphatic heterocycles. The first-order valence-corrected chi connectivity index (χ1v) is 7.01. The summed E-state index contributed by atoms with van der Waals surface area (Å²) in [6, 6.07) is 5.91. The van der Waals surface area contributed by atoms with Crippen LogP contribution in [0.4, 0.5) is 0 Å². The van der Waals surface area contributed by atoms with E-state index in [9.17, 15) is 0 Å². The molecule has 0 bridgehead atoms. The van der Waals surface area contributed by atoms with Gasteiger partial charge in [0.1, 0.15) is 11.5 Å². The second-order valence-corrected chi connectivity index (χ2v) is 5.20. The number of hydrogen-bond acceptors (Lipinski definition) is 6. The Hall–Kier alpha value is -2.08. The molecule has 1 aromatic heterocycles. The Balaban J connectivity index is 1.92. The molecule has 0 aliphatic carbocycles. The smallest absolute Gasteiger partial charge is 0.231 e. The van der Waals surface area contributed by atoms with Gasteiger partial charge >= 0.3 is 0 Å². The molecule has 1 N–H and O–H groups in total. The molecular formula is C15H19N3O3. The standard InChI is InChI=1S/C15H19N3O3/c1-9-13(4-5-16-9)15-17-14(18-21-15)10-6-11(19-2)8-12(7-10)20-3/h6-9,13,16H,4-5H2,1-3H3. The summed E-state index contributed by atoms with van der Waals surface area (Å²) in [5.41, 5.74) is 0.819. The van der Waals surface area contributed by atoms with Gasteiger partial charge in [0.2, 0.25) is 11.7 Å².